The van der Waals surface area contributed by atoms with Crippen LogP contribution in [0, 0.1) is 0 Å². The number of aliphatic imine (C=N–C) groups is 1. The van der Waals surface area contributed by atoms with E-state index in [4.69, 9.17) is 0 Å². The van der Waals surface area contributed by atoms with Crippen LogP contribution in [0.5, 0.6) is 0 Å². The molecule has 1 aliphatic rings. The normalized spacial score (nSPS) is 18.1. The molecule has 2 heteroatoms. The van der Waals surface area contributed by atoms with Crippen molar-refractivity contribution in [2.24, 2.45) is 4.99 Å². The summed E-state index contributed by atoms with van der Waals surface area (Å²) in [6.07, 6.45) is 16.5. The van der Waals surface area contributed by atoms with Gasteiger partial charge in [-0.25, -0.2) is 4.99 Å². The largest absolute Gasteiger partial charge is 0.368 e. The van der Waals surface area contributed by atoms with Crippen molar-refractivity contribution in [1.29, 1.82) is 0 Å². The number of hydrogen-bond acceptors (Lipinski definition) is 2. The van der Waals surface area contributed by atoms with Crippen LogP contribution in [-0.2, 0) is 0 Å². The summed E-state index contributed by atoms with van der Waals surface area (Å²) >= 11 is 0. The van der Waals surface area contributed by atoms with Gasteiger partial charge in [0.2, 0.25) is 0 Å². The second kappa shape index (κ2) is 9.99. The summed E-state index contributed by atoms with van der Waals surface area (Å²) in [5.41, 5.74) is 3.27. The Morgan fingerprint density at radius 1 is 1.00 bits per heavy atom. The first-order valence-corrected chi connectivity index (χ1v) is 8.23. The third kappa shape index (κ3) is 6.75. The zero-order valence-electron chi connectivity index (χ0n) is 14.4. The first-order chi connectivity index (χ1) is 10.6. The van der Waals surface area contributed by atoms with Gasteiger partial charge in [0.1, 0.15) is 5.82 Å². The van der Waals surface area contributed by atoms with Crippen LogP contribution in [-0.4, -0.2) is 12.3 Å². The van der Waals surface area contributed by atoms with Gasteiger partial charge in [-0.3, -0.25) is 0 Å². The van der Waals surface area contributed by atoms with Crippen LogP contribution >= 0.6 is 0 Å². The topological polar surface area (TPSA) is 24.4 Å². The zero-order valence-corrected chi connectivity index (χ0v) is 14.4. The van der Waals surface area contributed by atoms with E-state index in [0.717, 1.165) is 22.5 Å². The number of allylic oxidation sites excluding steroid dienone is 7. The van der Waals surface area contributed by atoms with E-state index in [-0.39, 0.29) is 0 Å². The highest BCUT2D eigenvalue weighted by Crippen LogP contribution is 2.18. The van der Waals surface area contributed by atoms with Gasteiger partial charge in [-0.05, 0) is 44.8 Å². The minimum atomic E-state index is 0.539. The van der Waals surface area contributed by atoms with Crippen LogP contribution in [0.4, 0.5) is 0 Å². The first kappa shape index (κ1) is 18.2. The predicted molar refractivity (Wildman–Crippen MR) is 99.1 cm³/mol. The summed E-state index contributed by atoms with van der Waals surface area (Å²) < 4.78 is 0. The number of nitrogens with one attached hydrogen (secondary N) is 1. The van der Waals surface area contributed by atoms with E-state index in [0.29, 0.717) is 6.04 Å². The van der Waals surface area contributed by atoms with Crippen molar-refractivity contribution in [3.63, 3.8) is 0 Å². The summed E-state index contributed by atoms with van der Waals surface area (Å²) in [5, 5.41) is 3.43. The Morgan fingerprint density at radius 2 is 1.64 bits per heavy atom. The smallest absolute Gasteiger partial charge is 0.118 e. The molecule has 1 rings (SSSR count). The van der Waals surface area contributed by atoms with Gasteiger partial charge < -0.3 is 5.32 Å². The van der Waals surface area contributed by atoms with Gasteiger partial charge in [0.25, 0.3) is 0 Å². The van der Waals surface area contributed by atoms with Crippen molar-refractivity contribution >= 4 is 6.21 Å². The van der Waals surface area contributed by atoms with Gasteiger partial charge in [-0.1, -0.05) is 62.3 Å². The lowest BCUT2D eigenvalue weighted by Gasteiger charge is -2.23. The minimum absolute atomic E-state index is 0.539. The fourth-order valence-corrected chi connectivity index (χ4v) is 2.57. The molecule has 0 heterocycles. The number of rotatable bonds is 7. The summed E-state index contributed by atoms with van der Waals surface area (Å²) in [6.45, 7) is 14.0. The van der Waals surface area contributed by atoms with Crippen molar-refractivity contribution in [1.82, 2.24) is 5.32 Å². The molecule has 0 atom stereocenters. The van der Waals surface area contributed by atoms with Gasteiger partial charge in [0.05, 0.1) is 0 Å². The molecule has 0 bridgehead atoms. The van der Waals surface area contributed by atoms with Crippen LogP contribution in [0.15, 0.2) is 65.0 Å². The fraction of sp³-hybridized carbons (Fsp3) is 0.450. The van der Waals surface area contributed by atoms with Gasteiger partial charge in [0, 0.05) is 12.3 Å². The first-order valence-electron chi connectivity index (χ1n) is 8.23. The lowest BCUT2D eigenvalue weighted by atomic mass is 9.96. The van der Waals surface area contributed by atoms with Gasteiger partial charge in [-0.15, -0.1) is 0 Å². The molecule has 0 unspecified atom stereocenters. The monoisotopic (exact) mass is 298 g/mol. The summed E-state index contributed by atoms with van der Waals surface area (Å²) in [5.74, 6) is 0.755. The molecular weight excluding hydrogens is 268 g/mol. The molecule has 0 aliphatic heterocycles. The Bertz CT molecular complexity index is 498. The van der Waals surface area contributed by atoms with Crippen molar-refractivity contribution < 1.29 is 0 Å². The Kier molecular flexibility index (Phi) is 8.27. The van der Waals surface area contributed by atoms with Crippen molar-refractivity contribution in [3.8, 4) is 0 Å². The van der Waals surface area contributed by atoms with Crippen LogP contribution in [0.1, 0.15) is 52.9 Å². The second-order valence-electron chi connectivity index (χ2n) is 5.85. The third-order valence-corrected chi connectivity index (χ3v) is 3.84. The Hall–Kier alpha value is -1.83. The standard InChI is InChI=1S/C20H30N2/c1-6-18(14-13-16(3)4)19(7-2)15-21-17(5)22-20-11-9-8-10-12-20/h6-7,13-15,20,22H,3,5,8-12H2,1-2,4H3/b14-13-,18-6+,19-7-,21-15-. The summed E-state index contributed by atoms with van der Waals surface area (Å²) in [7, 11) is 0. The van der Waals surface area contributed by atoms with E-state index in [1.807, 2.05) is 33.1 Å². The molecule has 0 spiro atoms. The van der Waals surface area contributed by atoms with Crippen LogP contribution < -0.4 is 5.32 Å². The maximum absolute atomic E-state index is 4.49. The molecule has 0 aromatic carbocycles. The molecule has 1 saturated carbocycles. The van der Waals surface area contributed by atoms with Crippen molar-refractivity contribution in [2.45, 2.75) is 58.9 Å². The quantitative estimate of drug-likeness (QED) is 0.489. The molecule has 1 aliphatic carbocycles. The van der Waals surface area contributed by atoms with Crippen LogP contribution in [0.3, 0.4) is 0 Å². The highest BCUT2D eigenvalue weighted by molar-refractivity contribution is 5.86. The Balaban J connectivity index is 2.63. The molecule has 22 heavy (non-hydrogen) atoms. The van der Waals surface area contributed by atoms with E-state index in [2.05, 4.69) is 41.7 Å². The van der Waals surface area contributed by atoms with Crippen molar-refractivity contribution in [3.05, 3.63) is 60.0 Å². The maximum Gasteiger partial charge on any atom is 0.118 e. The Morgan fingerprint density at radius 3 is 2.18 bits per heavy atom. The van der Waals surface area contributed by atoms with E-state index in [1.165, 1.54) is 32.1 Å². The van der Waals surface area contributed by atoms with Crippen LogP contribution in [0.25, 0.3) is 0 Å². The predicted octanol–water partition coefficient (Wildman–Crippen LogP) is 5.48. The highest BCUT2D eigenvalue weighted by Gasteiger charge is 2.12. The summed E-state index contributed by atoms with van der Waals surface area (Å²) in [6, 6.07) is 0.539. The van der Waals surface area contributed by atoms with E-state index in [1.54, 1.807) is 0 Å². The average molecular weight is 298 g/mol. The molecule has 0 aromatic rings. The SMILES string of the molecule is C=C(C)\C=C/C(=C\C)C(/C=N\C(=C)NC1CCCCC1)=C\C. The number of hydrogen-bond donors (Lipinski definition) is 1. The lowest BCUT2D eigenvalue weighted by molar-refractivity contribution is 0.396. The molecule has 2 nitrogen and oxygen atoms in total. The van der Waals surface area contributed by atoms with E-state index < -0.39 is 0 Å². The molecule has 1 N–H and O–H groups in total. The Labute approximate surface area is 136 Å². The maximum atomic E-state index is 4.49. The van der Waals surface area contributed by atoms with Gasteiger partial charge in [-0.2, -0.15) is 0 Å². The third-order valence-electron chi connectivity index (χ3n) is 3.84. The zero-order chi connectivity index (χ0) is 16.4. The van der Waals surface area contributed by atoms with Gasteiger partial charge >= 0.3 is 0 Å². The molecule has 0 aromatic heterocycles. The number of nitrogens with zero attached hydrogens (tertiary/aromatic N) is 1. The lowest BCUT2D eigenvalue weighted by Crippen LogP contribution is -2.29. The van der Waals surface area contributed by atoms with Crippen molar-refractivity contribution in [2.75, 3.05) is 0 Å². The highest BCUT2D eigenvalue weighted by atomic mass is 15.0. The minimum Gasteiger partial charge on any atom is -0.368 e. The fourth-order valence-electron chi connectivity index (χ4n) is 2.57. The average Bonchev–Trinajstić information content (AvgIpc) is 2.51. The van der Waals surface area contributed by atoms with Crippen LogP contribution in [0.2, 0.25) is 0 Å². The van der Waals surface area contributed by atoms with E-state index >= 15 is 0 Å². The molecule has 120 valence electrons. The molecule has 1 fully saturated rings. The van der Waals surface area contributed by atoms with Gasteiger partial charge in [0.15, 0.2) is 0 Å². The van der Waals surface area contributed by atoms with E-state index in [9.17, 15) is 0 Å². The molecular formula is C20H30N2. The molecule has 0 saturated heterocycles. The molecule has 0 amide bonds. The molecule has 0 radical (unpaired) electrons. The summed E-state index contributed by atoms with van der Waals surface area (Å²) in [4.78, 5) is 4.49. The second-order valence-corrected chi connectivity index (χ2v) is 5.85.